The number of amides is 2. The van der Waals surface area contributed by atoms with Crippen molar-refractivity contribution in [2.45, 2.75) is 32.6 Å². The van der Waals surface area contributed by atoms with Crippen LogP contribution in [0.15, 0.2) is 66.7 Å². The Morgan fingerprint density at radius 1 is 1.09 bits per heavy atom. The number of hydrogen-bond donors (Lipinski definition) is 2. The van der Waals surface area contributed by atoms with Crippen LogP contribution in [0.25, 0.3) is 11.0 Å². The first-order chi connectivity index (χ1) is 17.0. The lowest BCUT2D eigenvalue weighted by Crippen LogP contribution is -2.39. The van der Waals surface area contributed by atoms with Gasteiger partial charge in [-0.25, -0.2) is 4.98 Å². The van der Waals surface area contributed by atoms with E-state index in [0.29, 0.717) is 25.1 Å². The molecule has 0 aliphatic carbocycles. The number of anilines is 2. The number of nitrogens with one attached hydrogen (secondary N) is 2. The molecule has 0 fully saturated rings. The van der Waals surface area contributed by atoms with Crippen LogP contribution in [0.5, 0.6) is 5.75 Å². The van der Waals surface area contributed by atoms with Crippen LogP contribution in [0.2, 0.25) is 0 Å². The second-order valence-corrected chi connectivity index (χ2v) is 8.86. The molecule has 0 saturated heterocycles. The van der Waals surface area contributed by atoms with Crippen molar-refractivity contribution >= 4 is 34.2 Å². The number of aryl methyl sites for hydroxylation is 3. The molecule has 7 heteroatoms. The van der Waals surface area contributed by atoms with Gasteiger partial charge in [0.25, 0.3) is 5.91 Å². The van der Waals surface area contributed by atoms with E-state index < -0.39 is 0 Å². The van der Waals surface area contributed by atoms with E-state index in [1.54, 1.807) is 4.90 Å². The van der Waals surface area contributed by atoms with Gasteiger partial charge in [0.2, 0.25) is 5.91 Å². The number of rotatable bonds is 8. The predicted molar refractivity (Wildman–Crippen MR) is 137 cm³/mol. The van der Waals surface area contributed by atoms with Gasteiger partial charge in [0, 0.05) is 25.1 Å². The molecule has 1 aliphatic rings. The van der Waals surface area contributed by atoms with Gasteiger partial charge in [0.1, 0.15) is 11.6 Å². The minimum absolute atomic E-state index is 0.0308. The van der Waals surface area contributed by atoms with Crippen LogP contribution < -0.4 is 15.0 Å². The highest BCUT2D eigenvalue weighted by Crippen LogP contribution is 2.33. The summed E-state index contributed by atoms with van der Waals surface area (Å²) in [5.74, 6) is 1.51. The molecular weight excluding hydrogens is 440 g/mol. The maximum atomic E-state index is 12.6. The normalized spacial score (nSPS) is 12.9. The summed E-state index contributed by atoms with van der Waals surface area (Å²) in [6.45, 7) is 2.49. The Balaban J connectivity index is 1.13. The molecule has 4 aromatic rings. The van der Waals surface area contributed by atoms with E-state index in [4.69, 9.17) is 4.74 Å². The fraction of sp³-hybridized carbons (Fsp3) is 0.250. The lowest BCUT2D eigenvalue weighted by Gasteiger charge is -2.29. The van der Waals surface area contributed by atoms with E-state index >= 15 is 0 Å². The van der Waals surface area contributed by atoms with Crippen molar-refractivity contribution in [2.75, 3.05) is 23.4 Å². The zero-order valence-electron chi connectivity index (χ0n) is 19.7. The van der Waals surface area contributed by atoms with Crippen molar-refractivity contribution in [3.63, 3.8) is 0 Å². The number of aromatic nitrogens is 2. The summed E-state index contributed by atoms with van der Waals surface area (Å²) in [7, 11) is 0. The monoisotopic (exact) mass is 468 g/mol. The Bertz CT molecular complexity index is 1340. The molecule has 0 saturated carbocycles. The molecule has 0 radical (unpaired) electrons. The molecule has 35 heavy (non-hydrogen) atoms. The smallest absolute Gasteiger partial charge is 0.265 e. The second-order valence-electron chi connectivity index (χ2n) is 8.86. The Morgan fingerprint density at radius 3 is 2.86 bits per heavy atom. The minimum Gasteiger partial charge on any atom is -0.482 e. The largest absolute Gasteiger partial charge is 0.482 e. The zero-order chi connectivity index (χ0) is 24.2. The van der Waals surface area contributed by atoms with Crippen LogP contribution in [-0.2, 0) is 22.4 Å². The summed E-state index contributed by atoms with van der Waals surface area (Å²) in [5, 5.41) is 2.99. The number of H-pyrrole nitrogens is 1. The van der Waals surface area contributed by atoms with Crippen molar-refractivity contribution < 1.29 is 14.3 Å². The third-order valence-corrected chi connectivity index (χ3v) is 6.14. The summed E-state index contributed by atoms with van der Waals surface area (Å²) in [6.07, 6.45) is 2.51. The Labute approximate surface area is 204 Å². The van der Waals surface area contributed by atoms with Crippen molar-refractivity contribution in [3.8, 4) is 5.75 Å². The number of aromatic amines is 1. The van der Waals surface area contributed by atoms with Crippen LogP contribution in [0.3, 0.4) is 0 Å². The van der Waals surface area contributed by atoms with E-state index in [2.05, 4.69) is 21.4 Å². The molecule has 0 bridgehead atoms. The van der Waals surface area contributed by atoms with Gasteiger partial charge in [0.05, 0.1) is 16.7 Å². The van der Waals surface area contributed by atoms with Gasteiger partial charge in [-0.2, -0.15) is 0 Å². The number of imidazole rings is 1. The Hall–Kier alpha value is -4.13. The first-order valence-electron chi connectivity index (χ1n) is 11.9. The average molecular weight is 469 g/mol. The van der Waals surface area contributed by atoms with Crippen LogP contribution in [0, 0.1) is 6.92 Å². The van der Waals surface area contributed by atoms with Gasteiger partial charge in [-0.15, -0.1) is 0 Å². The highest BCUT2D eigenvalue weighted by Gasteiger charge is 2.25. The number of para-hydroxylation sites is 2. The quantitative estimate of drug-likeness (QED) is 0.389. The third-order valence-electron chi connectivity index (χ3n) is 6.14. The zero-order valence-corrected chi connectivity index (χ0v) is 19.7. The molecule has 0 unspecified atom stereocenters. The van der Waals surface area contributed by atoms with Crippen LogP contribution >= 0.6 is 0 Å². The number of ether oxygens (including phenoxy) is 1. The first-order valence-corrected chi connectivity index (χ1v) is 11.9. The lowest BCUT2D eigenvalue weighted by molar-refractivity contribution is -0.121. The van der Waals surface area contributed by atoms with Gasteiger partial charge in [-0.1, -0.05) is 30.3 Å². The van der Waals surface area contributed by atoms with Crippen LogP contribution in [0.4, 0.5) is 11.4 Å². The summed E-state index contributed by atoms with van der Waals surface area (Å²) in [6, 6.07) is 21.7. The molecule has 0 spiro atoms. The predicted octanol–water partition coefficient (Wildman–Crippen LogP) is 4.80. The number of fused-ring (bicyclic) bond motifs is 2. The van der Waals surface area contributed by atoms with E-state index in [1.165, 1.54) is 0 Å². The van der Waals surface area contributed by atoms with E-state index in [-0.39, 0.29) is 18.4 Å². The summed E-state index contributed by atoms with van der Waals surface area (Å²) >= 11 is 0. The maximum absolute atomic E-state index is 12.6. The maximum Gasteiger partial charge on any atom is 0.265 e. The van der Waals surface area contributed by atoms with E-state index in [1.807, 2.05) is 67.6 Å². The van der Waals surface area contributed by atoms with E-state index in [0.717, 1.165) is 52.2 Å². The van der Waals surface area contributed by atoms with Gasteiger partial charge in [0.15, 0.2) is 6.61 Å². The molecule has 7 nitrogen and oxygen atoms in total. The fourth-order valence-electron chi connectivity index (χ4n) is 4.37. The van der Waals surface area contributed by atoms with Crippen molar-refractivity contribution in [2.24, 2.45) is 0 Å². The molecule has 5 rings (SSSR count). The van der Waals surface area contributed by atoms with Gasteiger partial charge in [-0.05, 0) is 67.3 Å². The summed E-state index contributed by atoms with van der Waals surface area (Å²) in [4.78, 5) is 34.7. The number of benzene rings is 3. The standard InChI is InChI=1S/C28H28N4O3/c1-19-11-13-25-24(16-19)32(28(34)18-35-25)15-5-10-27(33)29-21-7-4-6-20(17-21)12-14-26-30-22-8-2-3-9-23(22)31-26/h2-4,6-9,11,13,16-17H,5,10,12,14-15,18H2,1H3,(H,29,33)(H,30,31). The topological polar surface area (TPSA) is 87.3 Å². The van der Waals surface area contributed by atoms with Crippen molar-refractivity contribution in [1.82, 2.24) is 9.97 Å². The number of carbonyl (C=O) groups excluding carboxylic acids is 2. The molecule has 178 valence electrons. The number of nitrogens with zero attached hydrogens (tertiary/aromatic N) is 2. The van der Waals surface area contributed by atoms with Crippen molar-refractivity contribution in [1.29, 1.82) is 0 Å². The number of carbonyl (C=O) groups is 2. The molecule has 3 aromatic carbocycles. The molecule has 2 N–H and O–H groups in total. The molecule has 2 amide bonds. The highest BCUT2D eigenvalue weighted by atomic mass is 16.5. The van der Waals surface area contributed by atoms with Crippen LogP contribution in [0.1, 0.15) is 29.8 Å². The minimum atomic E-state index is -0.0827. The first kappa shape index (κ1) is 22.7. The molecule has 0 atom stereocenters. The van der Waals surface area contributed by atoms with Crippen LogP contribution in [-0.4, -0.2) is 34.9 Å². The summed E-state index contributed by atoms with van der Waals surface area (Å²) < 4.78 is 5.53. The fourth-order valence-corrected chi connectivity index (χ4v) is 4.37. The highest BCUT2D eigenvalue weighted by molar-refractivity contribution is 5.98. The van der Waals surface area contributed by atoms with E-state index in [9.17, 15) is 9.59 Å². The Morgan fingerprint density at radius 2 is 1.97 bits per heavy atom. The second kappa shape index (κ2) is 10.0. The van der Waals surface area contributed by atoms with Gasteiger partial charge >= 0.3 is 0 Å². The Kier molecular flexibility index (Phi) is 6.48. The molecule has 1 aliphatic heterocycles. The molecular formula is C28H28N4O3. The SMILES string of the molecule is Cc1ccc2c(c1)N(CCCC(=O)Nc1cccc(CCc3nc4ccccc4[nH]3)c1)C(=O)CO2. The third kappa shape index (κ3) is 5.35. The molecule has 1 aromatic heterocycles. The average Bonchev–Trinajstić information content (AvgIpc) is 3.27. The summed E-state index contributed by atoms with van der Waals surface area (Å²) in [5.41, 5.74) is 5.76. The van der Waals surface area contributed by atoms with Gasteiger partial charge in [-0.3, -0.25) is 9.59 Å². The lowest BCUT2D eigenvalue weighted by atomic mass is 10.1. The number of hydrogen-bond acceptors (Lipinski definition) is 4. The van der Waals surface area contributed by atoms with Crippen molar-refractivity contribution in [3.05, 3.63) is 83.7 Å². The molecule has 2 heterocycles. The van der Waals surface area contributed by atoms with Gasteiger partial charge < -0.3 is 19.9 Å².